The fraction of sp³-hybridized carbons (Fsp3) is 0.278. The molecule has 2 nitrogen and oxygen atoms in total. The van der Waals surface area contributed by atoms with Crippen molar-refractivity contribution >= 4 is 40.9 Å². The first kappa shape index (κ1) is 19.4. The molecular weight excluding hydrogens is 406 g/mol. The Morgan fingerprint density at radius 2 is 1.85 bits per heavy atom. The number of rotatable bonds is 4. The fourth-order valence-corrected chi connectivity index (χ4v) is 4.18. The Morgan fingerprint density at radius 3 is 2.46 bits per heavy atom. The molecule has 0 radical (unpaired) electrons. The summed E-state index contributed by atoms with van der Waals surface area (Å²) in [6.07, 6.45) is 1.58. The summed E-state index contributed by atoms with van der Waals surface area (Å²) in [7, 11) is 0. The molecular formula is C18H14Cl2F3NOS. The third-order valence-corrected chi connectivity index (χ3v) is 5.68. The molecule has 0 saturated heterocycles. The van der Waals surface area contributed by atoms with Crippen LogP contribution in [0.4, 0.5) is 13.2 Å². The number of thioether (sulfide) groups is 1. The number of halogens is 5. The molecule has 2 aromatic rings. The third-order valence-electron chi connectivity index (χ3n) is 4.31. The highest BCUT2D eigenvalue weighted by Crippen LogP contribution is 2.42. The Morgan fingerprint density at radius 1 is 1.12 bits per heavy atom. The lowest BCUT2D eigenvalue weighted by molar-refractivity contribution is -0.0328. The number of benzene rings is 2. The first-order valence-electron chi connectivity index (χ1n) is 7.85. The molecule has 3 rings (SSSR count). The van der Waals surface area contributed by atoms with Crippen LogP contribution in [0.3, 0.4) is 0 Å². The van der Waals surface area contributed by atoms with Crippen LogP contribution in [0.25, 0.3) is 0 Å². The summed E-state index contributed by atoms with van der Waals surface area (Å²) in [5, 5.41) is 3.89. The van der Waals surface area contributed by atoms with Gasteiger partial charge in [-0.15, -0.1) is 0 Å². The highest BCUT2D eigenvalue weighted by molar-refractivity contribution is 8.00. The van der Waals surface area contributed by atoms with Crippen molar-refractivity contribution in [2.24, 2.45) is 0 Å². The predicted molar refractivity (Wildman–Crippen MR) is 98.0 cm³/mol. The molecule has 1 aliphatic rings. The Bertz CT molecular complexity index is 828. The molecule has 8 heteroatoms. The van der Waals surface area contributed by atoms with E-state index in [0.29, 0.717) is 10.0 Å². The van der Waals surface area contributed by atoms with Gasteiger partial charge in [0.15, 0.2) is 0 Å². The zero-order chi connectivity index (χ0) is 18.9. The topological polar surface area (TPSA) is 29.1 Å². The molecule has 1 fully saturated rings. The maximum atomic E-state index is 12.7. The minimum atomic E-state index is -4.45. The van der Waals surface area contributed by atoms with Crippen molar-refractivity contribution in [3.8, 4) is 0 Å². The first-order chi connectivity index (χ1) is 12.2. The number of carbonyl (C=O) groups is 1. The zero-order valence-electron chi connectivity index (χ0n) is 13.3. The Hall–Kier alpha value is -1.37. The van der Waals surface area contributed by atoms with Gasteiger partial charge in [-0.25, -0.2) is 0 Å². The largest absolute Gasteiger partial charge is 0.446 e. The van der Waals surface area contributed by atoms with Crippen LogP contribution < -0.4 is 5.32 Å². The van der Waals surface area contributed by atoms with Crippen LogP contribution in [0, 0.1) is 0 Å². The average Bonchev–Trinajstić information content (AvgIpc) is 2.53. The maximum Gasteiger partial charge on any atom is 0.446 e. The van der Waals surface area contributed by atoms with Gasteiger partial charge in [0.05, 0.1) is 5.56 Å². The van der Waals surface area contributed by atoms with E-state index in [9.17, 15) is 18.0 Å². The van der Waals surface area contributed by atoms with Gasteiger partial charge in [-0.3, -0.25) is 4.79 Å². The fourth-order valence-electron chi connectivity index (χ4n) is 2.96. The smallest absolute Gasteiger partial charge is 0.349 e. The van der Waals surface area contributed by atoms with Gasteiger partial charge >= 0.3 is 5.51 Å². The van der Waals surface area contributed by atoms with E-state index in [1.807, 2.05) is 6.07 Å². The second kappa shape index (κ2) is 7.71. The van der Waals surface area contributed by atoms with Crippen LogP contribution in [0.15, 0.2) is 47.4 Å². The molecule has 138 valence electrons. The number of hydrogen-bond donors (Lipinski definition) is 1. The molecule has 0 aromatic heterocycles. The summed E-state index contributed by atoms with van der Waals surface area (Å²) in [6.45, 7) is 0. The standard InChI is InChI=1S/C18H14Cl2F3NOS/c19-10-5-6-11(14(20)9-10)12-7-8-15(12)24-17(25)13-3-1-2-4-16(13)26-18(21,22)23/h1-6,9,12,15H,7-8H2,(H,24,25)/t12-,15-/m0/s1. The second-order valence-corrected chi connectivity index (χ2v) is 7.92. The molecule has 26 heavy (non-hydrogen) atoms. The lowest BCUT2D eigenvalue weighted by atomic mass is 9.75. The Balaban J connectivity index is 1.75. The van der Waals surface area contributed by atoms with Crippen LogP contribution in [-0.4, -0.2) is 17.5 Å². The molecule has 2 atom stereocenters. The normalized spacial score (nSPS) is 19.7. The van der Waals surface area contributed by atoms with Crippen molar-refractivity contribution in [3.63, 3.8) is 0 Å². The van der Waals surface area contributed by atoms with Crippen LogP contribution in [-0.2, 0) is 0 Å². The van der Waals surface area contributed by atoms with E-state index in [0.717, 1.165) is 18.4 Å². The summed E-state index contributed by atoms with van der Waals surface area (Å²) in [5.41, 5.74) is -3.56. The van der Waals surface area contributed by atoms with E-state index in [-0.39, 0.29) is 34.2 Å². The van der Waals surface area contributed by atoms with Gasteiger partial charge in [0.2, 0.25) is 0 Å². The minimum absolute atomic E-state index is 0.0164. The molecule has 0 spiro atoms. The van der Waals surface area contributed by atoms with E-state index in [1.165, 1.54) is 18.2 Å². The van der Waals surface area contributed by atoms with Crippen molar-refractivity contribution < 1.29 is 18.0 Å². The van der Waals surface area contributed by atoms with Crippen LogP contribution in [0.1, 0.15) is 34.7 Å². The number of carbonyl (C=O) groups excluding carboxylic acids is 1. The number of hydrogen-bond acceptors (Lipinski definition) is 2. The summed E-state index contributed by atoms with van der Waals surface area (Å²) in [6, 6.07) is 10.7. The molecule has 1 aliphatic carbocycles. The van der Waals surface area contributed by atoms with Gasteiger partial charge < -0.3 is 5.32 Å². The first-order valence-corrected chi connectivity index (χ1v) is 9.42. The molecule has 1 saturated carbocycles. The third kappa shape index (κ3) is 4.48. The van der Waals surface area contributed by atoms with Gasteiger partial charge in [0.1, 0.15) is 0 Å². The lowest BCUT2D eigenvalue weighted by Crippen LogP contribution is -2.45. The van der Waals surface area contributed by atoms with E-state index >= 15 is 0 Å². The Kier molecular flexibility index (Phi) is 5.75. The Labute approximate surface area is 163 Å². The molecule has 1 N–H and O–H groups in total. The average molecular weight is 420 g/mol. The number of nitrogens with one attached hydrogen (secondary N) is 1. The summed E-state index contributed by atoms with van der Waals surface area (Å²) in [4.78, 5) is 12.4. The molecule has 1 amide bonds. The zero-order valence-corrected chi connectivity index (χ0v) is 15.6. The number of amides is 1. The second-order valence-electron chi connectivity index (χ2n) is 5.97. The van der Waals surface area contributed by atoms with Crippen molar-refractivity contribution in [1.29, 1.82) is 0 Å². The summed E-state index contributed by atoms with van der Waals surface area (Å²) < 4.78 is 38.1. The minimum Gasteiger partial charge on any atom is -0.349 e. The number of alkyl halides is 3. The molecule has 2 aromatic carbocycles. The predicted octanol–water partition coefficient (Wildman–Crippen LogP) is 6.28. The highest BCUT2D eigenvalue weighted by Gasteiger charge is 2.36. The summed E-state index contributed by atoms with van der Waals surface area (Å²) >= 11 is 11.8. The quantitative estimate of drug-likeness (QED) is 0.590. The van der Waals surface area contributed by atoms with Gasteiger partial charge in [-0.2, -0.15) is 13.2 Å². The van der Waals surface area contributed by atoms with Gasteiger partial charge in [0, 0.05) is 26.9 Å². The van der Waals surface area contributed by atoms with Crippen molar-refractivity contribution in [3.05, 3.63) is 63.6 Å². The van der Waals surface area contributed by atoms with Crippen LogP contribution >= 0.6 is 35.0 Å². The highest BCUT2D eigenvalue weighted by atomic mass is 35.5. The van der Waals surface area contributed by atoms with E-state index < -0.39 is 11.4 Å². The van der Waals surface area contributed by atoms with Crippen LogP contribution in [0.2, 0.25) is 10.0 Å². The maximum absolute atomic E-state index is 12.7. The van der Waals surface area contributed by atoms with Crippen molar-refractivity contribution in [1.82, 2.24) is 5.32 Å². The SMILES string of the molecule is O=C(N[C@H]1CC[C@H]1c1ccc(Cl)cc1Cl)c1ccccc1SC(F)(F)F. The summed E-state index contributed by atoms with van der Waals surface area (Å²) in [5.74, 6) is -0.497. The molecule has 0 heterocycles. The molecule has 0 unspecified atom stereocenters. The van der Waals surface area contributed by atoms with Gasteiger partial charge in [-0.1, -0.05) is 41.4 Å². The van der Waals surface area contributed by atoms with Gasteiger partial charge in [0.25, 0.3) is 5.91 Å². The lowest BCUT2D eigenvalue weighted by Gasteiger charge is -2.38. The van der Waals surface area contributed by atoms with E-state index in [1.54, 1.807) is 18.2 Å². The molecule has 0 aliphatic heterocycles. The van der Waals surface area contributed by atoms with Crippen LogP contribution in [0.5, 0.6) is 0 Å². The van der Waals surface area contributed by atoms with E-state index in [2.05, 4.69) is 5.32 Å². The monoisotopic (exact) mass is 419 g/mol. The van der Waals surface area contributed by atoms with Crippen molar-refractivity contribution in [2.75, 3.05) is 0 Å². The molecule has 0 bridgehead atoms. The van der Waals surface area contributed by atoms with E-state index in [4.69, 9.17) is 23.2 Å². The van der Waals surface area contributed by atoms with Gasteiger partial charge in [-0.05, 0) is 54.4 Å². The van der Waals surface area contributed by atoms with Crippen molar-refractivity contribution in [2.45, 2.75) is 35.2 Å².